The Morgan fingerprint density at radius 2 is 1.82 bits per heavy atom. The van der Waals surface area contributed by atoms with Crippen molar-refractivity contribution in [2.45, 2.75) is 27.2 Å². The largest absolute Gasteiger partial charge is 0.490 e. The van der Waals surface area contributed by atoms with Crippen molar-refractivity contribution in [1.29, 1.82) is 0 Å². The standard InChI is InChI=1S/C14H20O3/c1-4-16-13-7-5-6-8-14(13)17-10-9-11(2)12(3)15/h5-8,11H,4,9-10H2,1-3H3. The topological polar surface area (TPSA) is 35.5 Å². The van der Waals surface area contributed by atoms with Crippen molar-refractivity contribution >= 4 is 5.78 Å². The first kappa shape index (κ1) is 13.6. The Morgan fingerprint density at radius 3 is 2.35 bits per heavy atom. The van der Waals surface area contributed by atoms with Crippen LogP contribution in [0.3, 0.4) is 0 Å². The van der Waals surface area contributed by atoms with Crippen molar-refractivity contribution in [3.05, 3.63) is 24.3 Å². The number of ether oxygens (including phenoxy) is 2. The first-order chi connectivity index (χ1) is 8.15. The molecule has 0 radical (unpaired) electrons. The summed E-state index contributed by atoms with van der Waals surface area (Å²) in [4.78, 5) is 11.1. The summed E-state index contributed by atoms with van der Waals surface area (Å²) in [5.74, 6) is 1.75. The van der Waals surface area contributed by atoms with Crippen LogP contribution < -0.4 is 9.47 Å². The highest BCUT2D eigenvalue weighted by Gasteiger charge is 2.08. The lowest BCUT2D eigenvalue weighted by molar-refractivity contribution is -0.120. The molecule has 0 heterocycles. The van der Waals surface area contributed by atoms with E-state index in [1.54, 1.807) is 6.92 Å². The molecule has 0 saturated carbocycles. The van der Waals surface area contributed by atoms with E-state index in [-0.39, 0.29) is 11.7 Å². The summed E-state index contributed by atoms with van der Waals surface area (Å²) in [5.41, 5.74) is 0. The first-order valence-electron chi connectivity index (χ1n) is 6.00. The predicted molar refractivity (Wildman–Crippen MR) is 67.6 cm³/mol. The average Bonchev–Trinajstić information content (AvgIpc) is 2.31. The van der Waals surface area contributed by atoms with Gasteiger partial charge in [0.25, 0.3) is 0 Å². The van der Waals surface area contributed by atoms with Gasteiger partial charge in [-0.25, -0.2) is 0 Å². The summed E-state index contributed by atoms with van der Waals surface area (Å²) >= 11 is 0. The normalized spacial score (nSPS) is 11.9. The van der Waals surface area contributed by atoms with E-state index in [1.165, 1.54) is 0 Å². The Morgan fingerprint density at radius 1 is 1.24 bits per heavy atom. The van der Waals surface area contributed by atoms with Crippen molar-refractivity contribution in [3.63, 3.8) is 0 Å². The molecule has 17 heavy (non-hydrogen) atoms. The molecule has 1 atom stereocenters. The van der Waals surface area contributed by atoms with Crippen LogP contribution in [0.25, 0.3) is 0 Å². The van der Waals surface area contributed by atoms with E-state index in [4.69, 9.17) is 9.47 Å². The Balaban J connectivity index is 2.48. The Hall–Kier alpha value is -1.51. The molecule has 0 aliphatic heterocycles. The number of hydrogen-bond acceptors (Lipinski definition) is 3. The van der Waals surface area contributed by atoms with Crippen molar-refractivity contribution < 1.29 is 14.3 Å². The smallest absolute Gasteiger partial charge is 0.161 e. The minimum Gasteiger partial charge on any atom is -0.490 e. The lowest BCUT2D eigenvalue weighted by Gasteiger charge is -2.12. The van der Waals surface area contributed by atoms with Gasteiger partial charge in [-0.1, -0.05) is 19.1 Å². The van der Waals surface area contributed by atoms with Crippen LogP contribution in [0.5, 0.6) is 11.5 Å². The highest BCUT2D eigenvalue weighted by molar-refractivity contribution is 5.77. The third-order valence-electron chi connectivity index (χ3n) is 2.65. The minimum atomic E-state index is 0.0502. The molecule has 0 bridgehead atoms. The van der Waals surface area contributed by atoms with Crippen LogP contribution in [0.2, 0.25) is 0 Å². The third-order valence-corrected chi connectivity index (χ3v) is 2.65. The Kier molecular flexibility index (Phi) is 5.53. The second kappa shape index (κ2) is 6.94. The number of benzene rings is 1. The lowest BCUT2D eigenvalue weighted by atomic mass is 10.1. The summed E-state index contributed by atoms with van der Waals surface area (Å²) < 4.78 is 11.1. The van der Waals surface area contributed by atoms with E-state index in [0.29, 0.717) is 13.2 Å². The molecule has 94 valence electrons. The van der Waals surface area contributed by atoms with Crippen LogP contribution >= 0.6 is 0 Å². The van der Waals surface area contributed by atoms with Gasteiger partial charge in [-0.3, -0.25) is 4.79 Å². The summed E-state index contributed by atoms with van der Waals surface area (Å²) in [6.07, 6.45) is 0.732. The van der Waals surface area contributed by atoms with Crippen LogP contribution in [0.15, 0.2) is 24.3 Å². The molecule has 1 rings (SSSR count). The molecule has 3 nitrogen and oxygen atoms in total. The van der Waals surface area contributed by atoms with E-state index >= 15 is 0 Å². The van der Waals surface area contributed by atoms with Gasteiger partial charge in [-0.2, -0.15) is 0 Å². The van der Waals surface area contributed by atoms with Crippen molar-refractivity contribution in [2.24, 2.45) is 5.92 Å². The molecule has 3 heteroatoms. The second-order valence-electron chi connectivity index (χ2n) is 4.03. The van der Waals surface area contributed by atoms with Gasteiger partial charge < -0.3 is 9.47 Å². The summed E-state index contributed by atoms with van der Waals surface area (Å²) in [6, 6.07) is 7.58. The molecule has 0 saturated heterocycles. The quantitative estimate of drug-likeness (QED) is 0.729. The van der Waals surface area contributed by atoms with Crippen LogP contribution in [-0.2, 0) is 4.79 Å². The third kappa shape index (κ3) is 4.47. The molecule has 0 aromatic heterocycles. The van der Waals surface area contributed by atoms with E-state index in [2.05, 4.69) is 0 Å². The molecule has 0 N–H and O–H groups in total. The van der Waals surface area contributed by atoms with Gasteiger partial charge in [0.1, 0.15) is 5.78 Å². The van der Waals surface area contributed by atoms with Gasteiger partial charge in [-0.05, 0) is 32.4 Å². The summed E-state index contributed by atoms with van der Waals surface area (Å²) in [5, 5.41) is 0. The SMILES string of the molecule is CCOc1ccccc1OCCC(C)C(C)=O. The molecule has 0 aliphatic rings. The predicted octanol–water partition coefficient (Wildman–Crippen LogP) is 3.08. The van der Waals surface area contributed by atoms with E-state index in [9.17, 15) is 4.79 Å². The number of rotatable bonds is 7. The van der Waals surface area contributed by atoms with E-state index < -0.39 is 0 Å². The number of hydrogen-bond donors (Lipinski definition) is 0. The lowest BCUT2D eigenvalue weighted by Crippen LogP contribution is -2.11. The Bertz CT molecular complexity index is 360. The summed E-state index contributed by atoms with van der Waals surface area (Å²) in [7, 11) is 0. The highest BCUT2D eigenvalue weighted by Crippen LogP contribution is 2.26. The zero-order valence-electron chi connectivity index (χ0n) is 10.7. The zero-order chi connectivity index (χ0) is 12.7. The molecule has 1 unspecified atom stereocenters. The molecule has 0 amide bonds. The molecule has 0 spiro atoms. The van der Waals surface area contributed by atoms with Crippen molar-refractivity contribution in [3.8, 4) is 11.5 Å². The molecule has 1 aromatic rings. The second-order valence-corrected chi connectivity index (χ2v) is 4.03. The molecular formula is C14H20O3. The number of Topliss-reactive ketones (excluding diaryl/α,β-unsaturated/α-hetero) is 1. The molecular weight excluding hydrogens is 216 g/mol. The Labute approximate surface area is 103 Å². The van der Waals surface area contributed by atoms with Crippen LogP contribution in [0.1, 0.15) is 27.2 Å². The fourth-order valence-electron chi connectivity index (χ4n) is 1.39. The fraction of sp³-hybridized carbons (Fsp3) is 0.500. The molecule has 1 aromatic carbocycles. The number of ketones is 1. The maximum absolute atomic E-state index is 11.1. The highest BCUT2D eigenvalue weighted by atomic mass is 16.5. The monoisotopic (exact) mass is 236 g/mol. The molecule has 0 fully saturated rings. The number of para-hydroxylation sites is 2. The van der Waals surface area contributed by atoms with E-state index in [1.807, 2.05) is 38.1 Å². The fourth-order valence-corrected chi connectivity index (χ4v) is 1.39. The zero-order valence-corrected chi connectivity index (χ0v) is 10.7. The van der Waals surface area contributed by atoms with Gasteiger partial charge in [0, 0.05) is 5.92 Å². The van der Waals surface area contributed by atoms with Gasteiger partial charge in [0.2, 0.25) is 0 Å². The van der Waals surface area contributed by atoms with Crippen molar-refractivity contribution in [1.82, 2.24) is 0 Å². The maximum atomic E-state index is 11.1. The van der Waals surface area contributed by atoms with Crippen molar-refractivity contribution in [2.75, 3.05) is 13.2 Å². The van der Waals surface area contributed by atoms with Crippen LogP contribution in [0, 0.1) is 5.92 Å². The minimum absolute atomic E-state index is 0.0502. The first-order valence-corrected chi connectivity index (χ1v) is 6.00. The van der Waals surface area contributed by atoms with Gasteiger partial charge in [0.15, 0.2) is 11.5 Å². The van der Waals surface area contributed by atoms with Gasteiger partial charge >= 0.3 is 0 Å². The van der Waals surface area contributed by atoms with Gasteiger partial charge in [0.05, 0.1) is 13.2 Å². The average molecular weight is 236 g/mol. The maximum Gasteiger partial charge on any atom is 0.161 e. The van der Waals surface area contributed by atoms with Crippen LogP contribution in [0.4, 0.5) is 0 Å². The summed E-state index contributed by atoms with van der Waals surface area (Å²) in [6.45, 7) is 6.61. The number of carbonyl (C=O) groups is 1. The van der Waals surface area contributed by atoms with Crippen LogP contribution in [-0.4, -0.2) is 19.0 Å². The van der Waals surface area contributed by atoms with Gasteiger partial charge in [-0.15, -0.1) is 0 Å². The van der Waals surface area contributed by atoms with E-state index in [0.717, 1.165) is 17.9 Å². The molecule has 0 aliphatic carbocycles. The number of carbonyl (C=O) groups excluding carboxylic acids is 1.